The number of hydrazine groups is 1. The molecule has 25 heavy (non-hydrogen) atoms. The highest BCUT2D eigenvalue weighted by molar-refractivity contribution is 5.99. The molecule has 0 radical (unpaired) electrons. The van der Waals surface area contributed by atoms with Crippen LogP contribution < -0.4 is 10.9 Å². The van der Waals surface area contributed by atoms with Crippen LogP contribution in [0.25, 0.3) is 0 Å². The third-order valence-corrected chi connectivity index (χ3v) is 3.44. The van der Waals surface area contributed by atoms with Gasteiger partial charge in [-0.25, -0.2) is 14.1 Å². The largest absolute Gasteiger partial charge is 0.272 e. The molecule has 0 bridgehead atoms. The summed E-state index contributed by atoms with van der Waals surface area (Å²) in [5.74, 6) is -1.89. The number of halogens is 1. The van der Waals surface area contributed by atoms with Crippen LogP contribution in [0, 0.1) is 5.82 Å². The van der Waals surface area contributed by atoms with Crippen LogP contribution in [-0.2, 0) is 6.54 Å². The Bertz CT molecular complexity index is 878. The van der Waals surface area contributed by atoms with Gasteiger partial charge in [0.15, 0.2) is 0 Å². The second-order valence-corrected chi connectivity index (χ2v) is 5.18. The van der Waals surface area contributed by atoms with Crippen molar-refractivity contribution in [2.75, 3.05) is 0 Å². The Morgan fingerprint density at radius 2 is 1.72 bits per heavy atom. The first-order chi connectivity index (χ1) is 12.1. The molecule has 3 rings (SSSR count). The van der Waals surface area contributed by atoms with E-state index in [0.717, 1.165) is 5.56 Å². The van der Waals surface area contributed by atoms with Gasteiger partial charge in [0.25, 0.3) is 11.8 Å². The van der Waals surface area contributed by atoms with E-state index < -0.39 is 17.6 Å². The van der Waals surface area contributed by atoms with E-state index in [1.807, 2.05) is 0 Å². The van der Waals surface area contributed by atoms with Gasteiger partial charge in [0.2, 0.25) is 0 Å². The van der Waals surface area contributed by atoms with Crippen molar-refractivity contribution in [3.05, 3.63) is 83.7 Å². The molecule has 0 unspecified atom stereocenters. The fourth-order valence-electron chi connectivity index (χ4n) is 2.16. The van der Waals surface area contributed by atoms with Crippen LogP contribution in [-0.4, -0.2) is 26.6 Å². The number of rotatable bonds is 4. The highest BCUT2D eigenvalue weighted by Crippen LogP contribution is 2.07. The molecule has 2 aromatic carbocycles. The predicted molar refractivity (Wildman–Crippen MR) is 86.9 cm³/mol. The zero-order valence-corrected chi connectivity index (χ0v) is 13.0. The normalized spacial score (nSPS) is 10.3. The summed E-state index contributed by atoms with van der Waals surface area (Å²) in [6, 6.07) is 12.3. The molecule has 1 aromatic heterocycles. The van der Waals surface area contributed by atoms with Crippen LogP contribution in [0.5, 0.6) is 0 Å². The smallest absolute Gasteiger partial charge is 0.267 e. The summed E-state index contributed by atoms with van der Waals surface area (Å²) in [6.45, 7) is 0.534. The van der Waals surface area contributed by atoms with Gasteiger partial charge in [-0.15, -0.1) is 0 Å². The minimum absolute atomic E-state index is 0.147. The van der Waals surface area contributed by atoms with Gasteiger partial charge in [-0.2, -0.15) is 5.10 Å². The van der Waals surface area contributed by atoms with Gasteiger partial charge < -0.3 is 0 Å². The number of carbonyl (C=O) groups excluding carboxylic acids is 2. The molecule has 2 amide bonds. The molecule has 0 atom stereocenters. The topological polar surface area (TPSA) is 88.9 Å². The lowest BCUT2D eigenvalue weighted by Crippen LogP contribution is -2.41. The summed E-state index contributed by atoms with van der Waals surface area (Å²) in [5, 5.41) is 4.00. The second-order valence-electron chi connectivity index (χ2n) is 5.18. The lowest BCUT2D eigenvalue weighted by molar-refractivity contribution is 0.0844. The summed E-state index contributed by atoms with van der Waals surface area (Å²) in [4.78, 5) is 27.8. The minimum Gasteiger partial charge on any atom is -0.267 e. The van der Waals surface area contributed by atoms with Crippen molar-refractivity contribution in [2.24, 2.45) is 0 Å². The number of carbonyl (C=O) groups is 2. The molecule has 0 aliphatic carbocycles. The highest BCUT2D eigenvalue weighted by atomic mass is 19.1. The number of nitrogens with one attached hydrogen (secondary N) is 2. The molecule has 0 saturated carbocycles. The first-order valence-electron chi connectivity index (χ1n) is 7.40. The van der Waals surface area contributed by atoms with Crippen LogP contribution >= 0.6 is 0 Å². The minimum atomic E-state index is -0.728. The average molecular weight is 339 g/mol. The Morgan fingerprint density at radius 3 is 2.40 bits per heavy atom. The maximum absolute atomic E-state index is 13.5. The van der Waals surface area contributed by atoms with E-state index in [1.54, 1.807) is 35.3 Å². The zero-order chi connectivity index (χ0) is 17.6. The maximum Gasteiger partial charge on any atom is 0.272 e. The fourth-order valence-corrected chi connectivity index (χ4v) is 2.16. The van der Waals surface area contributed by atoms with Gasteiger partial charge in [0.05, 0.1) is 12.1 Å². The average Bonchev–Trinajstić information content (AvgIpc) is 3.13. The maximum atomic E-state index is 13.5. The lowest BCUT2D eigenvalue weighted by Gasteiger charge is -2.08. The number of benzene rings is 2. The molecule has 0 saturated heterocycles. The number of hydrogen-bond donors (Lipinski definition) is 2. The summed E-state index contributed by atoms with van der Waals surface area (Å²) >= 11 is 0. The number of aromatic nitrogens is 3. The first-order valence-corrected chi connectivity index (χ1v) is 7.40. The molecule has 2 N–H and O–H groups in total. The lowest BCUT2D eigenvalue weighted by atomic mass is 10.1. The highest BCUT2D eigenvalue weighted by Gasteiger charge is 2.12. The Kier molecular flexibility index (Phi) is 4.79. The quantitative estimate of drug-likeness (QED) is 0.706. The molecule has 0 spiro atoms. The monoisotopic (exact) mass is 339 g/mol. The SMILES string of the molecule is O=C(NNC(=O)c1ccccc1F)c1ccc(Cn2cncn2)cc1. The van der Waals surface area contributed by atoms with E-state index in [2.05, 4.69) is 20.9 Å². The summed E-state index contributed by atoms with van der Waals surface area (Å²) in [5.41, 5.74) is 5.60. The van der Waals surface area contributed by atoms with Crippen LogP contribution in [0.15, 0.2) is 61.2 Å². The van der Waals surface area contributed by atoms with Crippen LogP contribution in [0.1, 0.15) is 26.3 Å². The van der Waals surface area contributed by atoms with E-state index in [-0.39, 0.29) is 5.56 Å². The van der Waals surface area contributed by atoms with E-state index in [9.17, 15) is 14.0 Å². The summed E-state index contributed by atoms with van der Waals surface area (Å²) in [7, 11) is 0. The number of hydrogen-bond acceptors (Lipinski definition) is 4. The molecular weight excluding hydrogens is 325 g/mol. The number of amides is 2. The first kappa shape index (κ1) is 16.3. The Labute approximate surface area is 142 Å². The van der Waals surface area contributed by atoms with Crippen molar-refractivity contribution in [3.8, 4) is 0 Å². The van der Waals surface area contributed by atoms with Gasteiger partial charge >= 0.3 is 0 Å². The van der Waals surface area contributed by atoms with E-state index in [0.29, 0.717) is 12.1 Å². The molecule has 3 aromatic rings. The molecule has 126 valence electrons. The Balaban J connectivity index is 1.58. The molecule has 1 heterocycles. The van der Waals surface area contributed by atoms with Crippen molar-refractivity contribution < 1.29 is 14.0 Å². The van der Waals surface area contributed by atoms with E-state index in [1.165, 1.54) is 30.6 Å². The van der Waals surface area contributed by atoms with Crippen LogP contribution in [0.3, 0.4) is 0 Å². The third-order valence-electron chi connectivity index (χ3n) is 3.44. The second kappa shape index (κ2) is 7.35. The van der Waals surface area contributed by atoms with Gasteiger partial charge in [-0.05, 0) is 29.8 Å². The molecular formula is C17H14FN5O2. The van der Waals surface area contributed by atoms with Gasteiger partial charge in [0.1, 0.15) is 18.5 Å². The van der Waals surface area contributed by atoms with Crippen molar-refractivity contribution in [1.82, 2.24) is 25.6 Å². The van der Waals surface area contributed by atoms with E-state index >= 15 is 0 Å². The molecule has 0 fully saturated rings. The van der Waals surface area contributed by atoms with Crippen LogP contribution in [0.2, 0.25) is 0 Å². The zero-order valence-electron chi connectivity index (χ0n) is 13.0. The van der Waals surface area contributed by atoms with Crippen LogP contribution in [0.4, 0.5) is 4.39 Å². The van der Waals surface area contributed by atoms with E-state index in [4.69, 9.17) is 0 Å². The predicted octanol–water partition coefficient (Wildman–Crippen LogP) is 1.54. The van der Waals surface area contributed by atoms with Crippen molar-refractivity contribution >= 4 is 11.8 Å². The third kappa shape index (κ3) is 4.05. The van der Waals surface area contributed by atoms with Crippen molar-refractivity contribution in [2.45, 2.75) is 6.54 Å². The van der Waals surface area contributed by atoms with Gasteiger partial charge in [-0.1, -0.05) is 24.3 Å². The number of nitrogens with zero attached hydrogens (tertiary/aromatic N) is 3. The summed E-state index contributed by atoms with van der Waals surface area (Å²) < 4.78 is 15.2. The molecule has 7 nitrogen and oxygen atoms in total. The van der Waals surface area contributed by atoms with Crippen molar-refractivity contribution in [1.29, 1.82) is 0 Å². The molecule has 0 aliphatic rings. The molecule has 0 aliphatic heterocycles. The van der Waals surface area contributed by atoms with Crippen molar-refractivity contribution in [3.63, 3.8) is 0 Å². The van der Waals surface area contributed by atoms with Gasteiger partial charge in [0, 0.05) is 5.56 Å². The Hall–Kier alpha value is -3.55. The molecule has 8 heteroatoms. The Morgan fingerprint density at radius 1 is 1.00 bits per heavy atom. The fraction of sp³-hybridized carbons (Fsp3) is 0.0588. The summed E-state index contributed by atoms with van der Waals surface area (Å²) in [6.07, 6.45) is 3.04. The standard InChI is InChI=1S/C17H14FN5O2/c18-15-4-2-1-3-14(15)17(25)22-21-16(24)13-7-5-12(6-8-13)9-23-11-19-10-20-23/h1-8,10-11H,9H2,(H,21,24)(H,22,25). The van der Waals surface area contributed by atoms with Gasteiger partial charge in [-0.3, -0.25) is 20.4 Å².